The van der Waals surface area contributed by atoms with Crippen molar-refractivity contribution in [3.8, 4) is 0 Å². The molecule has 2 nitrogen and oxygen atoms in total. The number of benzene rings is 1. The molecule has 1 aromatic rings. The lowest BCUT2D eigenvalue weighted by atomic mass is 9.99. The lowest BCUT2D eigenvalue weighted by Gasteiger charge is -2.36. The zero-order valence-electron chi connectivity index (χ0n) is 11.1. The van der Waals surface area contributed by atoms with Gasteiger partial charge >= 0.3 is 0 Å². The van der Waals surface area contributed by atoms with Crippen LogP contribution in [0.25, 0.3) is 0 Å². The van der Waals surface area contributed by atoms with E-state index in [1.807, 2.05) is 7.05 Å². The summed E-state index contributed by atoms with van der Waals surface area (Å²) in [5, 5.41) is 3.23. The highest BCUT2D eigenvalue weighted by molar-refractivity contribution is 5.56. The van der Waals surface area contributed by atoms with Crippen LogP contribution in [0.15, 0.2) is 24.3 Å². The molecule has 1 unspecified atom stereocenters. The number of nitrogens with one attached hydrogen (secondary N) is 1. The van der Waals surface area contributed by atoms with E-state index in [4.69, 9.17) is 0 Å². The van der Waals surface area contributed by atoms with E-state index in [0.717, 1.165) is 6.54 Å². The van der Waals surface area contributed by atoms with Gasteiger partial charge in [0.2, 0.25) is 0 Å². The molecule has 0 fully saturated rings. The smallest absolute Gasteiger partial charge is 0.0401 e. The van der Waals surface area contributed by atoms with Gasteiger partial charge in [-0.2, -0.15) is 0 Å². The van der Waals surface area contributed by atoms with Gasteiger partial charge < -0.3 is 10.2 Å². The first-order valence-corrected chi connectivity index (χ1v) is 6.82. The number of anilines is 1. The van der Waals surface area contributed by atoms with E-state index in [1.54, 1.807) is 0 Å². The third-order valence-corrected chi connectivity index (χ3v) is 3.73. The third kappa shape index (κ3) is 3.01. The molecule has 0 aromatic heterocycles. The molecule has 1 N–H and O–H groups in total. The van der Waals surface area contributed by atoms with Crippen molar-refractivity contribution in [2.24, 2.45) is 0 Å². The molecule has 0 amide bonds. The molecule has 17 heavy (non-hydrogen) atoms. The van der Waals surface area contributed by atoms with Crippen LogP contribution in [0, 0.1) is 0 Å². The van der Waals surface area contributed by atoms with Gasteiger partial charge in [0.25, 0.3) is 0 Å². The van der Waals surface area contributed by atoms with Crippen LogP contribution in [0.4, 0.5) is 5.69 Å². The molecule has 1 aliphatic rings. The van der Waals surface area contributed by atoms with Crippen LogP contribution < -0.4 is 10.2 Å². The zero-order valence-corrected chi connectivity index (χ0v) is 11.1. The van der Waals surface area contributed by atoms with Gasteiger partial charge in [0.1, 0.15) is 0 Å². The molecule has 94 valence electrons. The van der Waals surface area contributed by atoms with Crippen LogP contribution in [0.2, 0.25) is 0 Å². The summed E-state index contributed by atoms with van der Waals surface area (Å²) in [6.45, 7) is 4.70. The molecule has 1 heterocycles. The molecular formula is C15H24N2. The molecular weight excluding hydrogens is 208 g/mol. The summed E-state index contributed by atoms with van der Waals surface area (Å²) in [5.74, 6) is 0. The van der Waals surface area contributed by atoms with Gasteiger partial charge in [-0.05, 0) is 57.8 Å². The van der Waals surface area contributed by atoms with E-state index >= 15 is 0 Å². The minimum atomic E-state index is 0.657. The largest absolute Gasteiger partial charge is 0.369 e. The Bertz CT molecular complexity index is 349. The van der Waals surface area contributed by atoms with Gasteiger partial charge in [-0.25, -0.2) is 0 Å². The Morgan fingerprint density at radius 1 is 1.35 bits per heavy atom. The fourth-order valence-electron chi connectivity index (χ4n) is 2.75. The number of hydrogen-bond donors (Lipinski definition) is 1. The minimum Gasteiger partial charge on any atom is -0.369 e. The van der Waals surface area contributed by atoms with Crippen molar-refractivity contribution in [1.29, 1.82) is 0 Å². The quantitative estimate of drug-likeness (QED) is 0.785. The topological polar surface area (TPSA) is 15.3 Å². The van der Waals surface area contributed by atoms with Crippen molar-refractivity contribution in [1.82, 2.24) is 5.32 Å². The van der Waals surface area contributed by atoms with Gasteiger partial charge in [0.15, 0.2) is 0 Å². The maximum Gasteiger partial charge on any atom is 0.0401 e. The molecule has 0 spiro atoms. The predicted molar refractivity (Wildman–Crippen MR) is 74.7 cm³/mol. The summed E-state index contributed by atoms with van der Waals surface area (Å²) in [4.78, 5) is 2.59. The summed E-state index contributed by atoms with van der Waals surface area (Å²) >= 11 is 0. The molecule has 2 heteroatoms. The van der Waals surface area contributed by atoms with Gasteiger partial charge in [0, 0.05) is 18.3 Å². The van der Waals surface area contributed by atoms with Crippen molar-refractivity contribution in [2.45, 2.75) is 38.6 Å². The fraction of sp³-hybridized carbons (Fsp3) is 0.600. The first-order valence-electron chi connectivity index (χ1n) is 6.82. The van der Waals surface area contributed by atoms with Crippen molar-refractivity contribution in [3.63, 3.8) is 0 Å². The summed E-state index contributed by atoms with van der Waals surface area (Å²) in [7, 11) is 2.03. The van der Waals surface area contributed by atoms with E-state index in [9.17, 15) is 0 Å². The predicted octanol–water partition coefficient (Wildman–Crippen LogP) is 2.83. The second kappa shape index (κ2) is 6.06. The second-order valence-corrected chi connectivity index (χ2v) is 5.02. The highest BCUT2D eigenvalue weighted by Crippen LogP contribution is 2.29. The van der Waals surface area contributed by atoms with E-state index < -0.39 is 0 Å². The third-order valence-electron chi connectivity index (χ3n) is 3.73. The minimum absolute atomic E-state index is 0.657. The Morgan fingerprint density at radius 3 is 3.00 bits per heavy atom. The van der Waals surface area contributed by atoms with Gasteiger partial charge in [-0.1, -0.05) is 18.2 Å². The Morgan fingerprint density at radius 2 is 2.18 bits per heavy atom. The van der Waals surface area contributed by atoms with Gasteiger partial charge in [-0.15, -0.1) is 0 Å². The molecule has 1 aliphatic heterocycles. The molecule has 0 saturated carbocycles. The first-order chi connectivity index (χ1) is 8.33. The lowest BCUT2D eigenvalue weighted by molar-refractivity contribution is 0.534. The normalized spacial score (nSPS) is 16.7. The number of aryl methyl sites for hydroxylation is 1. The van der Waals surface area contributed by atoms with E-state index in [0.29, 0.717) is 6.04 Å². The maximum absolute atomic E-state index is 3.23. The zero-order chi connectivity index (χ0) is 12.1. The van der Waals surface area contributed by atoms with Gasteiger partial charge in [0.05, 0.1) is 0 Å². The maximum atomic E-state index is 3.23. The molecule has 1 aromatic carbocycles. The summed E-state index contributed by atoms with van der Waals surface area (Å²) in [6, 6.07) is 9.54. The highest BCUT2D eigenvalue weighted by atomic mass is 15.2. The standard InChI is InChI=1S/C15H24N2/c1-13(7-5-11-16-2)17-12-6-9-14-8-3-4-10-15(14)17/h3-4,8,10,13,16H,5-7,9,11-12H2,1-2H3. The molecule has 1 atom stereocenters. The van der Waals surface area contributed by atoms with Crippen LogP contribution in [0.3, 0.4) is 0 Å². The SMILES string of the molecule is CNCCCC(C)N1CCCc2ccccc21. The van der Waals surface area contributed by atoms with E-state index in [1.165, 1.54) is 43.5 Å². The van der Waals surface area contributed by atoms with Crippen LogP contribution in [0.1, 0.15) is 31.7 Å². The van der Waals surface area contributed by atoms with Crippen LogP contribution >= 0.6 is 0 Å². The Kier molecular flexibility index (Phi) is 4.43. The van der Waals surface area contributed by atoms with Crippen molar-refractivity contribution < 1.29 is 0 Å². The second-order valence-electron chi connectivity index (χ2n) is 5.02. The average molecular weight is 232 g/mol. The summed E-state index contributed by atoms with van der Waals surface area (Å²) < 4.78 is 0. The molecule has 0 bridgehead atoms. The molecule has 0 aliphatic carbocycles. The number of nitrogens with zero attached hydrogens (tertiary/aromatic N) is 1. The number of fused-ring (bicyclic) bond motifs is 1. The average Bonchev–Trinajstić information content (AvgIpc) is 2.38. The fourth-order valence-corrected chi connectivity index (χ4v) is 2.75. The monoisotopic (exact) mass is 232 g/mol. The molecule has 0 saturated heterocycles. The van der Waals surface area contributed by atoms with Crippen molar-refractivity contribution >= 4 is 5.69 Å². The van der Waals surface area contributed by atoms with Crippen molar-refractivity contribution in [2.75, 3.05) is 25.0 Å². The Labute approximate surface area is 105 Å². The molecule has 2 rings (SSSR count). The van der Waals surface area contributed by atoms with Crippen molar-refractivity contribution in [3.05, 3.63) is 29.8 Å². The van der Waals surface area contributed by atoms with Crippen LogP contribution in [0.5, 0.6) is 0 Å². The van der Waals surface area contributed by atoms with Gasteiger partial charge in [-0.3, -0.25) is 0 Å². The van der Waals surface area contributed by atoms with E-state index in [2.05, 4.69) is 41.4 Å². The number of hydrogen-bond acceptors (Lipinski definition) is 2. The Hall–Kier alpha value is -1.02. The molecule has 0 radical (unpaired) electrons. The first kappa shape index (κ1) is 12.4. The highest BCUT2D eigenvalue weighted by Gasteiger charge is 2.20. The van der Waals surface area contributed by atoms with Crippen LogP contribution in [-0.2, 0) is 6.42 Å². The summed E-state index contributed by atoms with van der Waals surface area (Å²) in [5.41, 5.74) is 3.00. The Balaban J connectivity index is 2.02. The van der Waals surface area contributed by atoms with E-state index in [-0.39, 0.29) is 0 Å². The van der Waals surface area contributed by atoms with Crippen LogP contribution in [-0.4, -0.2) is 26.2 Å². The number of rotatable bonds is 5. The summed E-state index contributed by atoms with van der Waals surface area (Å²) in [6.07, 6.45) is 5.08. The lowest BCUT2D eigenvalue weighted by Crippen LogP contribution is -2.37. The number of para-hydroxylation sites is 1.